The van der Waals surface area contributed by atoms with E-state index in [0.717, 1.165) is 16.7 Å². The minimum absolute atomic E-state index is 0.131. The molecule has 1 aliphatic heterocycles. The second kappa shape index (κ2) is 13.1. The number of aliphatic hydroxyl groups excluding tert-OH is 1. The van der Waals surface area contributed by atoms with E-state index in [1.165, 1.54) is 23.5 Å². The second-order valence-electron chi connectivity index (χ2n) is 11.0. The van der Waals surface area contributed by atoms with E-state index in [2.05, 4.69) is 0 Å². The van der Waals surface area contributed by atoms with Crippen molar-refractivity contribution < 1.29 is 22.7 Å². The lowest BCUT2D eigenvalue weighted by atomic mass is 9.98. The third kappa shape index (κ3) is 6.26. The first kappa shape index (κ1) is 31.0. The first-order chi connectivity index (χ1) is 21.8. The summed E-state index contributed by atoms with van der Waals surface area (Å²) in [6.45, 7) is 0.517. The highest BCUT2D eigenvalue weighted by Crippen LogP contribution is 2.50. The van der Waals surface area contributed by atoms with Gasteiger partial charge in [0.2, 0.25) is 10.0 Å². The van der Waals surface area contributed by atoms with Gasteiger partial charge < -0.3 is 9.84 Å². The fourth-order valence-corrected chi connectivity index (χ4v) is 7.46. The van der Waals surface area contributed by atoms with Crippen LogP contribution < -0.4 is 9.04 Å². The molecule has 1 N–H and O–H groups in total. The number of aliphatic hydroxyl groups is 1. The molecular weight excluding hydrogens is 613 g/mol. The molecule has 0 bridgehead atoms. The Labute approximate surface area is 267 Å². The van der Waals surface area contributed by atoms with E-state index >= 15 is 0 Å². The van der Waals surface area contributed by atoms with Crippen LogP contribution in [0.15, 0.2) is 103 Å². The maximum atomic E-state index is 13.7. The molecule has 7 nitrogen and oxygen atoms in total. The van der Waals surface area contributed by atoms with E-state index in [4.69, 9.17) is 21.3 Å². The lowest BCUT2D eigenvalue weighted by molar-refractivity contribution is 0.00577. The highest BCUT2D eigenvalue weighted by atomic mass is 35.5. The van der Waals surface area contributed by atoms with Crippen LogP contribution in [0.5, 0.6) is 5.75 Å². The minimum Gasteiger partial charge on any atom is -0.478 e. The molecule has 0 saturated carbocycles. The quantitative estimate of drug-likeness (QED) is 0.157. The van der Waals surface area contributed by atoms with E-state index < -0.39 is 22.4 Å². The largest absolute Gasteiger partial charge is 0.478 e. The predicted molar refractivity (Wildman–Crippen MR) is 175 cm³/mol. The lowest BCUT2D eigenvalue weighted by Gasteiger charge is -2.27. The zero-order valence-electron chi connectivity index (χ0n) is 24.7. The Morgan fingerprint density at radius 2 is 1.64 bits per heavy atom. The number of fused-ring (bicyclic) bond motifs is 2. The molecule has 1 atom stereocenters. The summed E-state index contributed by atoms with van der Waals surface area (Å²) in [6, 6.07) is 29.3. The van der Waals surface area contributed by atoms with Crippen molar-refractivity contribution in [3.05, 3.63) is 137 Å². The van der Waals surface area contributed by atoms with Gasteiger partial charge in [-0.15, -0.1) is 11.6 Å². The van der Waals surface area contributed by atoms with E-state index in [-0.39, 0.29) is 24.0 Å². The second-order valence-corrected chi connectivity index (χ2v) is 13.5. The van der Waals surface area contributed by atoms with Crippen molar-refractivity contribution in [1.82, 2.24) is 9.88 Å². The number of benzene rings is 4. The number of halogens is 2. The fraction of sp³-hybridized carbons (Fsp3) is 0.229. The van der Waals surface area contributed by atoms with Crippen LogP contribution in [0, 0.1) is 5.82 Å². The molecular formula is C35H33ClFN3O4S. The van der Waals surface area contributed by atoms with Crippen LogP contribution in [0.4, 0.5) is 10.1 Å². The number of ether oxygens (including phenoxy) is 1. The molecule has 0 aliphatic carbocycles. The molecule has 0 fully saturated rings. The van der Waals surface area contributed by atoms with Crippen LogP contribution >= 0.6 is 11.6 Å². The topological polar surface area (TPSA) is 83.0 Å². The van der Waals surface area contributed by atoms with Gasteiger partial charge in [-0.3, -0.25) is 14.2 Å². The molecule has 232 valence electrons. The average Bonchev–Trinajstić information content (AvgIpc) is 3.38. The predicted octanol–water partition coefficient (Wildman–Crippen LogP) is 6.94. The Hall–Kier alpha value is -4.02. The summed E-state index contributed by atoms with van der Waals surface area (Å²) in [7, 11) is -2.24. The van der Waals surface area contributed by atoms with E-state index in [1.807, 2.05) is 71.6 Å². The van der Waals surface area contributed by atoms with Crippen LogP contribution in [-0.4, -0.2) is 42.1 Å². The Kier molecular flexibility index (Phi) is 9.05. The van der Waals surface area contributed by atoms with Crippen molar-refractivity contribution in [1.29, 1.82) is 0 Å². The van der Waals surface area contributed by atoms with Crippen molar-refractivity contribution in [2.45, 2.75) is 31.8 Å². The highest BCUT2D eigenvalue weighted by molar-refractivity contribution is 7.92. The number of rotatable bonds is 11. The van der Waals surface area contributed by atoms with Gasteiger partial charge in [0.25, 0.3) is 0 Å². The number of anilines is 1. The van der Waals surface area contributed by atoms with Crippen LogP contribution in [-0.2, 0) is 23.1 Å². The van der Waals surface area contributed by atoms with Gasteiger partial charge in [0.1, 0.15) is 23.7 Å². The number of pyridine rings is 1. The van der Waals surface area contributed by atoms with E-state index in [9.17, 15) is 17.9 Å². The molecule has 1 aromatic heterocycles. The Bertz CT molecular complexity index is 1850. The minimum atomic E-state index is -3.77. The first-order valence-corrected chi connectivity index (χ1v) is 16.8. The van der Waals surface area contributed by atoms with Crippen LogP contribution in [0.1, 0.15) is 46.6 Å². The molecule has 2 heterocycles. The summed E-state index contributed by atoms with van der Waals surface area (Å²) in [4.78, 5) is 6.51. The molecule has 4 aromatic carbocycles. The SMILES string of the molecule is CN(c1c2c(c(OC(c3ccccc3)c3ccccc3)c3ncccc13)C(O)N(Cc1ccc(F)cc1)C2)S(=O)(=O)CCCCl. The molecule has 0 saturated heterocycles. The van der Waals surface area contributed by atoms with Crippen LogP contribution in [0.2, 0.25) is 0 Å². The smallest absolute Gasteiger partial charge is 0.234 e. The van der Waals surface area contributed by atoms with Gasteiger partial charge in [0.15, 0.2) is 5.75 Å². The van der Waals surface area contributed by atoms with Gasteiger partial charge in [0, 0.05) is 48.7 Å². The van der Waals surface area contributed by atoms with E-state index in [0.29, 0.717) is 46.4 Å². The van der Waals surface area contributed by atoms with Crippen molar-refractivity contribution in [3.8, 4) is 5.75 Å². The maximum absolute atomic E-state index is 13.7. The number of hydrogen-bond donors (Lipinski definition) is 1. The molecule has 1 unspecified atom stereocenters. The summed E-state index contributed by atoms with van der Waals surface area (Å²) in [6.07, 6.45) is 0.223. The van der Waals surface area contributed by atoms with Gasteiger partial charge in [0.05, 0.1) is 11.4 Å². The number of nitrogens with zero attached hydrogens (tertiary/aromatic N) is 3. The van der Waals surface area contributed by atoms with E-state index in [1.54, 1.807) is 24.4 Å². The molecule has 0 radical (unpaired) electrons. The third-order valence-electron chi connectivity index (χ3n) is 8.11. The zero-order valence-corrected chi connectivity index (χ0v) is 26.3. The van der Waals surface area contributed by atoms with Gasteiger partial charge in [-0.05, 0) is 47.4 Å². The molecule has 5 aromatic rings. The summed E-state index contributed by atoms with van der Waals surface area (Å²) < 4.78 is 49.0. The number of aromatic nitrogens is 1. The zero-order chi connectivity index (χ0) is 31.6. The van der Waals surface area contributed by atoms with Crippen molar-refractivity contribution in [2.75, 3.05) is 23.0 Å². The summed E-state index contributed by atoms with van der Waals surface area (Å²) >= 11 is 5.87. The van der Waals surface area contributed by atoms with Gasteiger partial charge in [-0.1, -0.05) is 72.8 Å². The normalized spacial score (nSPS) is 15.0. The summed E-state index contributed by atoms with van der Waals surface area (Å²) in [5.74, 6) is 0.108. The average molecular weight is 646 g/mol. The van der Waals surface area contributed by atoms with Crippen LogP contribution in [0.3, 0.4) is 0 Å². The molecule has 1 aliphatic rings. The maximum Gasteiger partial charge on any atom is 0.234 e. The fourth-order valence-electron chi connectivity index (χ4n) is 5.90. The monoisotopic (exact) mass is 645 g/mol. The first-order valence-electron chi connectivity index (χ1n) is 14.7. The molecule has 45 heavy (non-hydrogen) atoms. The summed E-state index contributed by atoms with van der Waals surface area (Å²) in [5, 5.41) is 12.5. The Morgan fingerprint density at radius 1 is 1.00 bits per heavy atom. The number of alkyl halides is 1. The van der Waals surface area contributed by atoms with Gasteiger partial charge >= 0.3 is 0 Å². The summed E-state index contributed by atoms with van der Waals surface area (Å²) in [5.41, 5.74) is 4.55. The van der Waals surface area contributed by atoms with Gasteiger partial charge in [-0.2, -0.15) is 0 Å². The van der Waals surface area contributed by atoms with Crippen LogP contribution in [0.25, 0.3) is 10.9 Å². The van der Waals surface area contributed by atoms with Crippen molar-refractivity contribution in [3.63, 3.8) is 0 Å². The van der Waals surface area contributed by atoms with Gasteiger partial charge in [-0.25, -0.2) is 12.8 Å². The molecule has 0 spiro atoms. The Morgan fingerprint density at radius 3 is 2.27 bits per heavy atom. The highest BCUT2D eigenvalue weighted by Gasteiger charge is 2.39. The standard InChI is InChI=1S/C35H33ClFN3O4S/c1-39(45(42,43)21-9-19-36)32-28-14-8-20-38-31(28)34(44-33(25-10-4-2-5-11-25)26-12-6-3-7-13-26)30-29(32)23-40(35(30)41)22-24-15-17-27(37)18-16-24/h2-8,10-18,20,33,35,41H,9,19,21-23H2,1H3. The lowest BCUT2D eigenvalue weighted by Crippen LogP contribution is -2.30. The molecule has 0 amide bonds. The molecule has 6 rings (SSSR count). The number of hydrogen-bond acceptors (Lipinski definition) is 6. The van der Waals surface area contributed by atoms with Crippen molar-refractivity contribution in [2.24, 2.45) is 0 Å². The Balaban J connectivity index is 1.55. The number of sulfonamides is 1. The third-order valence-corrected chi connectivity index (χ3v) is 10.2. The van der Waals surface area contributed by atoms with Crippen molar-refractivity contribution >= 4 is 38.2 Å². The molecule has 10 heteroatoms.